The number of aliphatic hydroxyl groups excluding tert-OH is 1. The van der Waals surface area contributed by atoms with Gasteiger partial charge in [-0.05, 0) is 6.42 Å². The first kappa shape index (κ1) is 25.4. The van der Waals surface area contributed by atoms with Crippen LogP contribution < -0.4 is 5.73 Å². The largest absolute Gasteiger partial charge is 0.461 e. The molecule has 1 atom stereocenters. The van der Waals surface area contributed by atoms with Crippen LogP contribution in [0.4, 0.5) is 0 Å². The van der Waals surface area contributed by atoms with Crippen LogP contribution >= 0.6 is 0 Å². The van der Waals surface area contributed by atoms with Crippen molar-refractivity contribution in [1.29, 1.82) is 0 Å². The summed E-state index contributed by atoms with van der Waals surface area (Å²) in [5, 5.41) is 8.85. The molecule has 1 unspecified atom stereocenters. The van der Waals surface area contributed by atoms with Crippen LogP contribution in [0.5, 0.6) is 0 Å². The number of carbonyl (C=O) groups excluding carboxylic acids is 1. The minimum absolute atomic E-state index is 0.00804. The maximum absolute atomic E-state index is 11.7. The third-order valence-electron chi connectivity index (χ3n) is 5.00. The molecule has 26 heavy (non-hydrogen) atoms. The Bertz CT molecular complexity index is 297. The molecule has 0 spiro atoms. The normalized spacial score (nSPS) is 12.3. The van der Waals surface area contributed by atoms with Gasteiger partial charge in [-0.3, -0.25) is 4.79 Å². The fourth-order valence-electron chi connectivity index (χ4n) is 3.25. The lowest BCUT2D eigenvalue weighted by Crippen LogP contribution is -2.27. The highest BCUT2D eigenvalue weighted by Crippen LogP contribution is 2.14. The lowest BCUT2D eigenvalue weighted by molar-refractivity contribution is -0.149. The Balaban J connectivity index is 3.22. The molecular weight excluding hydrogens is 326 g/mol. The maximum atomic E-state index is 11.7. The van der Waals surface area contributed by atoms with Crippen LogP contribution in [0.3, 0.4) is 0 Å². The summed E-state index contributed by atoms with van der Waals surface area (Å²) < 4.78 is 5.24. The second-order valence-corrected chi connectivity index (χ2v) is 7.56. The molecule has 0 aliphatic heterocycles. The third kappa shape index (κ3) is 18.2. The molecule has 0 aromatic carbocycles. The number of hydrogen-bond donors (Lipinski definition) is 2. The first-order valence-corrected chi connectivity index (χ1v) is 11.2. The number of nitrogens with two attached hydrogens (primary N) is 1. The molecule has 0 bridgehead atoms. The van der Waals surface area contributed by atoms with Crippen LogP contribution in [0.15, 0.2) is 0 Å². The summed E-state index contributed by atoms with van der Waals surface area (Å²) in [5.41, 5.74) is 5.50. The summed E-state index contributed by atoms with van der Waals surface area (Å²) >= 11 is 0. The first-order chi connectivity index (χ1) is 12.7. The van der Waals surface area contributed by atoms with E-state index in [-0.39, 0.29) is 25.2 Å². The van der Waals surface area contributed by atoms with Crippen molar-refractivity contribution in [2.75, 3.05) is 13.2 Å². The number of rotatable bonds is 20. The van der Waals surface area contributed by atoms with Crippen molar-refractivity contribution in [3.05, 3.63) is 0 Å². The highest BCUT2D eigenvalue weighted by atomic mass is 16.5. The minimum atomic E-state index is -0.330. The molecule has 0 aromatic rings. The van der Waals surface area contributed by atoms with E-state index >= 15 is 0 Å². The van der Waals surface area contributed by atoms with Gasteiger partial charge in [0.05, 0.1) is 0 Å². The van der Waals surface area contributed by atoms with Crippen molar-refractivity contribution in [2.24, 2.45) is 5.73 Å². The average Bonchev–Trinajstić information content (AvgIpc) is 2.64. The van der Waals surface area contributed by atoms with E-state index in [4.69, 9.17) is 15.6 Å². The zero-order valence-electron chi connectivity index (χ0n) is 17.4. The molecule has 3 N–H and O–H groups in total. The van der Waals surface area contributed by atoms with Crippen LogP contribution in [0.2, 0.25) is 0 Å². The molecule has 0 heterocycles. The van der Waals surface area contributed by atoms with Crippen LogP contribution in [0.25, 0.3) is 0 Å². The molecule has 0 radical (unpaired) electrons. The molecule has 0 amide bonds. The van der Waals surface area contributed by atoms with Crippen LogP contribution in [0.1, 0.15) is 116 Å². The Kier molecular flexibility index (Phi) is 20.2. The number of esters is 1. The van der Waals surface area contributed by atoms with Gasteiger partial charge in [-0.1, -0.05) is 96.8 Å². The molecule has 0 rings (SSSR count). The van der Waals surface area contributed by atoms with E-state index < -0.39 is 0 Å². The predicted octanol–water partition coefficient (Wildman–Crippen LogP) is 5.50. The Hall–Kier alpha value is -0.610. The van der Waals surface area contributed by atoms with Crippen molar-refractivity contribution < 1.29 is 14.6 Å². The lowest BCUT2D eigenvalue weighted by Gasteiger charge is -2.14. The Morgan fingerprint density at radius 1 is 0.808 bits per heavy atom. The van der Waals surface area contributed by atoms with Gasteiger partial charge in [0.15, 0.2) is 0 Å². The highest BCUT2D eigenvalue weighted by Gasteiger charge is 2.11. The van der Waals surface area contributed by atoms with E-state index in [1.54, 1.807) is 0 Å². The van der Waals surface area contributed by atoms with Gasteiger partial charge >= 0.3 is 5.97 Å². The molecule has 4 heteroatoms. The van der Waals surface area contributed by atoms with E-state index in [2.05, 4.69) is 6.92 Å². The van der Waals surface area contributed by atoms with E-state index in [9.17, 15) is 4.79 Å². The zero-order valence-corrected chi connectivity index (χ0v) is 17.4. The smallest absolute Gasteiger partial charge is 0.306 e. The molecule has 0 aliphatic rings. The van der Waals surface area contributed by atoms with Crippen LogP contribution in [-0.4, -0.2) is 30.3 Å². The van der Waals surface area contributed by atoms with Crippen molar-refractivity contribution in [3.63, 3.8) is 0 Å². The maximum Gasteiger partial charge on any atom is 0.306 e. The summed E-state index contributed by atoms with van der Waals surface area (Å²) in [6.07, 6.45) is 20.4. The molecule has 0 saturated carbocycles. The molecule has 0 saturated heterocycles. The summed E-state index contributed by atoms with van der Waals surface area (Å²) in [5.74, 6) is -0.177. The van der Waals surface area contributed by atoms with Gasteiger partial charge in [0.25, 0.3) is 0 Å². The average molecular weight is 372 g/mol. The molecule has 0 aromatic heterocycles. The summed E-state index contributed by atoms with van der Waals surface area (Å²) in [7, 11) is 0. The van der Waals surface area contributed by atoms with Crippen molar-refractivity contribution in [3.8, 4) is 0 Å². The summed E-state index contributed by atoms with van der Waals surface area (Å²) in [4.78, 5) is 11.7. The fourth-order valence-corrected chi connectivity index (χ4v) is 3.25. The van der Waals surface area contributed by atoms with Crippen LogP contribution in [0, 0.1) is 0 Å². The minimum Gasteiger partial charge on any atom is -0.461 e. The van der Waals surface area contributed by atoms with Gasteiger partial charge in [-0.15, -0.1) is 0 Å². The van der Waals surface area contributed by atoms with E-state index in [1.807, 2.05) is 0 Å². The van der Waals surface area contributed by atoms with E-state index in [1.165, 1.54) is 83.5 Å². The number of aliphatic hydroxyl groups is 1. The third-order valence-corrected chi connectivity index (χ3v) is 5.00. The number of unbranched alkanes of at least 4 members (excludes halogenated alkanes) is 14. The number of hydrogen-bond acceptors (Lipinski definition) is 4. The highest BCUT2D eigenvalue weighted by molar-refractivity contribution is 5.69. The summed E-state index contributed by atoms with van der Waals surface area (Å²) in [6, 6.07) is 0. The number of carbonyl (C=O) groups is 1. The fraction of sp³-hybridized carbons (Fsp3) is 0.955. The van der Waals surface area contributed by atoms with Gasteiger partial charge in [-0.25, -0.2) is 0 Å². The van der Waals surface area contributed by atoms with Gasteiger partial charge in [0.2, 0.25) is 0 Å². The molecule has 156 valence electrons. The van der Waals surface area contributed by atoms with E-state index in [0.29, 0.717) is 12.8 Å². The first-order valence-electron chi connectivity index (χ1n) is 11.2. The second-order valence-electron chi connectivity index (χ2n) is 7.56. The lowest BCUT2D eigenvalue weighted by atomic mass is 10.0. The Labute approximate surface area is 162 Å². The Morgan fingerprint density at radius 3 is 1.62 bits per heavy atom. The topological polar surface area (TPSA) is 72.5 Å². The molecular formula is C22H45NO3. The van der Waals surface area contributed by atoms with Crippen molar-refractivity contribution >= 4 is 5.97 Å². The van der Waals surface area contributed by atoms with Gasteiger partial charge in [0.1, 0.15) is 6.10 Å². The predicted molar refractivity (Wildman–Crippen MR) is 110 cm³/mol. The summed E-state index contributed by atoms with van der Waals surface area (Å²) in [6.45, 7) is 2.56. The van der Waals surface area contributed by atoms with Gasteiger partial charge in [0, 0.05) is 26.0 Å². The Morgan fingerprint density at radius 2 is 1.23 bits per heavy atom. The second kappa shape index (κ2) is 20.7. The monoisotopic (exact) mass is 371 g/mol. The van der Waals surface area contributed by atoms with E-state index in [0.717, 1.165) is 12.8 Å². The standard InChI is InChI=1S/C22H45NO3/c1-2-3-4-5-6-7-8-9-10-11-12-13-14-15-16-17-22(25)26-21(20-23)18-19-24/h21,24H,2-20,23H2,1H3. The molecule has 4 nitrogen and oxygen atoms in total. The number of ether oxygens (including phenoxy) is 1. The quantitative estimate of drug-likeness (QED) is 0.219. The van der Waals surface area contributed by atoms with Crippen molar-refractivity contribution in [2.45, 2.75) is 122 Å². The zero-order chi connectivity index (χ0) is 19.3. The van der Waals surface area contributed by atoms with Crippen LogP contribution in [-0.2, 0) is 9.53 Å². The van der Waals surface area contributed by atoms with Crippen molar-refractivity contribution in [1.82, 2.24) is 0 Å². The molecule has 0 aliphatic carbocycles. The SMILES string of the molecule is CCCCCCCCCCCCCCCCCC(=O)OC(CN)CCO. The molecule has 0 fully saturated rings. The van der Waals surface area contributed by atoms with Gasteiger partial charge < -0.3 is 15.6 Å². The van der Waals surface area contributed by atoms with Gasteiger partial charge in [-0.2, -0.15) is 0 Å².